The number of carbonyl (C=O) groups is 1. The molecule has 0 aromatic heterocycles. The topological polar surface area (TPSA) is 46.3 Å². The molecule has 0 unspecified atom stereocenters. The van der Waals surface area contributed by atoms with Crippen molar-refractivity contribution < 1.29 is 4.79 Å². The summed E-state index contributed by atoms with van der Waals surface area (Å²) in [4.78, 5) is 14.0. The highest BCUT2D eigenvalue weighted by Gasteiger charge is 2.46. The highest BCUT2D eigenvalue weighted by Crippen LogP contribution is 2.46. The van der Waals surface area contributed by atoms with E-state index < -0.39 is 0 Å². The third kappa shape index (κ3) is 1.65. The molecule has 2 rings (SSSR count). The van der Waals surface area contributed by atoms with Crippen LogP contribution in [-0.4, -0.2) is 11.4 Å². The number of rotatable bonds is 1. The van der Waals surface area contributed by atoms with Gasteiger partial charge in [-0.15, -0.1) is 0 Å². The van der Waals surface area contributed by atoms with E-state index in [-0.39, 0.29) is 23.4 Å². The summed E-state index contributed by atoms with van der Waals surface area (Å²) in [5, 5.41) is 0. The number of hydrogen-bond acceptors (Lipinski definition) is 2. The lowest BCUT2D eigenvalue weighted by Crippen LogP contribution is -2.58. The molecule has 0 bridgehead atoms. The molecule has 0 aliphatic carbocycles. The quantitative estimate of drug-likeness (QED) is 0.828. The van der Waals surface area contributed by atoms with Crippen molar-refractivity contribution in [2.75, 3.05) is 4.90 Å². The van der Waals surface area contributed by atoms with E-state index in [1.165, 1.54) is 0 Å². The van der Waals surface area contributed by atoms with Crippen molar-refractivity contribution in [3.05, 3.63) is 29.8 Å². The van der Waals surface area contributed by atoms with Gasteiger partial charge in [0.2, 0.25) is 5.91 Å². The molecule has 1 aromatic carbocycles. The van der Waals surface area contributed by atoms with Gasteiger partial charge in [0.15, 0.2) is 0 Å². The summed E-state index contributed by atoms with van der Waals surface area (Å²) in [5.41, 5.74) is 8.20. The number of para-hydroxylation sites is 1. The van der Waals surface area contributed by atoms with Gasteiger partial charge in [0.25, 0.3) is 0 Å². The second-order valence-corrected chi connectivity index (χ2v) is 5.44. The van der Waals surface area contributed by atoms with Crippen LogP contribution in [0.1, 0.15) is 45.7 Å². The van der Waals surface area contributed by atoms with Crippen molar-refractivity contribution in [1.82, 2.24) is 0 Å². The summed E-state index contributed by atoms with van der Waals surface area (Å²) in [6.07, 6.45) is 0.899. The van der Waals surface area contributed by atoms with Crippen LogP contribution in [0.4, 0.5) is 5.69 Å². The molecule has 1 heterocycles. The van der Waals surface area contributed by atoms with Gasteiger partial charge in [0, 0.05) is 24.2 Å². The van der Waals surface area contributed by atoms with Gasteiger partial charge in [-0.25, -0.2) is 0 Å². The lowest BCUT2D eigenvalue weighted by Gasteiger charge is -2.51. The Morgan fingerprint density at radius 2 is 2.06 bits per heavy atom. The Hall–Kier alpha value is -1.35. The second kappa shape index (κ2) is 4.39. The number of anilines is 1. The van der Waals surface area contributed by atoms with Crippen molar-refractivity contribution in [2.24, 2.45) is 11.7 Å². The van der Waals surface area contributed by atoms with Gasteiger partial charge in [-0.05, 0) is 30.9 Å². The lowest BCUT2D eigenvalue weighted by atomic mass is 9.72. The van der Waals surface area contributed by atoms with Gasteiger partial charge in [-0.2, -0.15) is 0 Å². The number of benzene rings is 1. The summed E-state index contributed by atoms with van der Waals surface area (Å²) in [7, 11) is 0. The molecule has 0 spiro atoms. The molecule has 3 nitrogen and oxygen atoms in total. The third-order valence-corrected chi connectivity index (χ3v) is 4.60. The van der Waals surface area contributed by atoms with E-state index in [1.54, 1.807) is 6.92 Å². The smallest absolute Gasteiger partial charge is 0.224 e. The SMILES string of the molecule is CC[C@@]1(C)[C@H](C)[C@@H](N)c2ccccc2N1C(C)=O. The Morgan fingerprint density at radius 3 is 2.61 bits per heavy atom. The highest BCUT2D eigenvalue weighted by atomic mass is 16.2. The standard InChI is InChI=1S/C15H22N2O/c1-5-15(4)10(2)14(16)12-8-6-7-9-13(12)17(15)11(3)18/h6-10,14H,5,16H2,1-4H3/t10-,14-,15+/m1/s1. The predicted molar refractivity (Wildman–Crippen MR) is 74.4 cm³/mol. The zero-order valence-corrected chi connectivity index (χ0v) is 11.6. The van der Waals surface area contributed by atoms with E-state index in [4.69, 9.17) is 5.73 Å². The monoisotopic (exact) mass is 246 g/mol. The predicted octanol–water partition coefficient (Wildman–Crippen LogP) is 2.86. The first kappa shape index (κ1) is 13.1. The molecule has 3 atom stereocenters. The third-order valence-electron chi connectivity index (χ3n) is 4.60. The maximum Gasteiger partial charge on any atom is 0.224 e. The molecule has 3 heteroatoms. The molecule has 98 valence electrons. The zero-order chi connectivity index (χ0) is 13.5. The van der Waals surface area contributed by atoms with Gasteiger partial charge in [0.05, 0.1) is 0 Å². The zero-order valence-electron chi connectivity index (χ0n) is 11.6. The number of nitrogens with zero attached hydrogens (tertiary/aromatic N) is 1. The Balaban J connectivity index is 2.66. The maximum atomic E-state index is 12.1. The van der Waals surface area contributed by atoms with Gasteiger partial charge in [-0.1, -0.05) is 32.0 Å². The summed E-state index contributed by atoms with van der Waals surface area (Å²) < 4.78 is 0. The minimum absolute atomic E-state index is 0.0123. The number of nitrogens with two attached hydrogens (primary N) is 1. The lowest BCUT2D eigenvalue weighted by molar-refractivity contribution is -0.118. The Morgan fingerprint density at radius 1 is 1.44 bits per heavy atom. The summed E-state index contributed by atoms with van der Waals surface area (Å²) in [6.45, 7) is 8.02. The minimum atomic E-state index is -0.209. The summed E-state index contributed by atoms with van der Waals surface area (Å²) in [5.74, 6) is 0.326. The molecule has 1 aliphatic rings. The Bertz CT molecular complexity index is 471. The van der Waals surface area contributed by atoms with Crippen LogP contribution in [0.2, 0.25) is 0 Å². The molecule has 18 heavy (non-hydrogen) atoms. The van der Waals surface area contributed by atoms with Crippen molar-refractivity contribution in [3.63, 3.8) is 0 Å². The van der Waals surface area contributed by atoms with E-state index in [0.717, 1.165) is 17.7 Å². The van der Waals surface area contributed by atoms with Crippen LogP contribution in [-0.2, 0) is 4.79 Å². The second-order valence-electron chi connectivity index (χ2n) is 5.44. The minimum Gasteiger partial charge on any atom is -0.324 e. The molecular formula is C15H22N2O. The average Bonchev–Trinajstić information content (AvgIpc) is 2.36. The van der Waals surface area contributed by atoms with Gasteiger partial charge in [-0.3, -0.25) is 4.79 Å². The Kier molecular flexibility index (Phi) is 3.20. The average molecular weight is 246 g/mol. The van der Waals surface area contributed by atoms with Crippen LogP contribution in [0.15, 0.2) is 24.3 Å². The highest BCUT2D eigenvalue weighted by molar-refractivity contribution is 5.94. The summed E-state index contributed by atoms with van der Waals surface area (Å²) >= 11 is 0. The van der Waals surface area contributed by atoms with Crippen LogP contribution in [0, 0.1) is 5.92 Å². The van der Waals surface area contributed by atoms with E-state index in [0.29, 0.717) is 0 Å². The van der Waals surface area contributed by atoms with Crippen molar-refractivity contribution in [1.29, 1.82) is 0 Å². The van der Waals surface area contributed by atoms with Gasteiger partial charge in [0.1, 0.15) is 0 Å². The number of fused-ring (bicyclic) bond motifs is 1. The fourth-order valence-corrected chi connectivity index (χ4v) is 3.12. The van der Waals surface area contributed by atoms with E-state index in [2.05, 4.69) is 20.8 Å². The number of hydrogen-bond donors (Lipinski definition) is 1. The largest absolute Gasteiger partial charge is 0.324 e. The van der Waals surface area contributed by atoms with E-state index in [9.17, 15) is 4.79 Å². The molecule has 0 saturated heterocycles. The van der Waals surface area contributed by atoms with E-state index >= 15 is 0 Å². The van der Waals surface area contributed by atoms with Crippen LogP contribution in [0.25, 0.3) is 0 Å². The molecule has 1 amide bonds. The van der Waals surface area contributed by atoms with Crippen LogP contribution in [0.5, 0.6) is 0 Å². The van der Waals surface area contributed by atoms with Gasteiger partial charge >= 0.3 is 0 Å². The molecular weight excluding hydrogens is 224 g/mol. The molecule has 1 aliphatic heterocycles. The van der Waals surface area contributed by atoms with Crippen molar-refractivity contribution in [3.8, 4) is 0 Å². The first-order valence-electron chi connectivity index (χ1n) is 6.58. The van der Waals surface area contributed by atoms with E-state index in [1.807, 2.05) is 29.2 Å². The normalized spacial score (nSPS) is 31.1. The fourth-order valence-electron chi connectivity index (χ4n) is 3.12. The molecule has 0 saturated carbocycles. The molecule has 1 aromatic rings. The first-order valence-corrected chi connectivity index (χ1v) is 6.58. The van der Waals surface area contributed by atoms with Crippen molar-refractivity contribution in [2.45, 2.75) is 45.7 Å². The van der Waals surface area contributed by atoms with Crippen molar-refractivity contribution >= 4 is 11.6 Å². The van der Waals surface area contributed by atoms with Crippen LogP contribution in [0.3, 0.4) is 0 Å². The molecule has 0 radical (unpaired) electrons. The molecule has 0 fully saturated rings. The fraction of sp³-hybridized carbons (Fsp3) is 0.533. The molecule has 2 N–H and O–H groups in total. The van der Waals surface area contributed by atoms with Crippen LogP contribution < -0.4 is 10.6 Å². The summed E-state index contributed by atoms with van der Waals surface area (Å²) in [6, 6.07) is 7.96. The van der Waals surface area contributed by atoms with Crippen LogP contribution >= 0.6 is 0 Å². The first-order chi connectivity index (χ1) is 8.43. The number of carbonyl (C=O) groups excluding carboxylic acids is 1. The Labute approximate surface area is 109 Å². The number of amides is 1. The van der Waals surface area contributed by atoms with Gasteiger partial charge < -0.3 is 10.6 Å². The maximum absolute atomic E-state index is 12.1.